The summed E-state index contributed by atoms with van der Waals surface area (Å²) in [5.41, 5.74) is 0.869. The van der Waals surface area contributed by atoms with E-state index in [2.05, 4.69) is 15.3 Å². The van der Waals surface area contributed by atoms with Crippen LogP contribution in [0.2, 0.25) is 5.28 Å². The van der Waals surface area contributed by atoms with E-state index >= 15 is 0 Å². The van der Waals surface area contributed by atoms with E-state index in [9.17, 15) is 10.1 Å². The van der Waals surface area contributed by atoms with E-state index in [0.29, 0.717) is 13.2 Å². The fourth-order valence-corrected chi connectivity index (χ4v) is 1.79. The van der Waals surface area contributed by atoms with Crippen LogP contribution in [0, 0.1) is 17.0 Å². The van der Waals surface area contributed by atoms with E-state index in [4.69, 9.17) is 16.3 Å². The van der Waals surface area contributed by atoms with Gasteiger partial charge in [0.1, 0.15) is 18.6 Å². The Hall–Kier alpha value is -2.41. The largest absolute Gasteiger partial charge is 0.492 e. The predicted octanol–water partition coefficient (Wildman–Crippen LogP) is 2.84. The van der Waals surface area contributed by atoms with Gasteiger partial charge in [0.15, 0.2) is 0 Å². The lowest BCUT2D eigenvalue weighted by atomic mass is 10.2. The molecule has 7 nitrogen and oxygen atoms in total. The molecule has 1 aromatic carbocycles. The molecule has 1 heterocycles. The van der Waals surface area contributed by atoms with E-state index < -0.39 is 4.92 Å². The SMILES string of the molecule is Cc1cccc(OCCNc2nc(Cl)ncc2[N+](=O)[O-])c1. The van der Waals surface area contributed by atoms with Crippen LogP contribution in [0.4, 0.5) is 11.5 Å². The second-order valence-electron chi connectivity index (χ2n) is 4.22. The van der Waals surface area contributed by atoms with Gasteiger partial charge in [-0.1, -0.05) is 12.1 Å². The van der Waals surface area contributed by atoms with E-state index in [1.54, 1.807) is 0 Å². The fourth-order valence-electron chi connectivity index (χ4n) is 1.66. The molecule has 0 amide bonds. The lowest BCUT2D eigenvalue weighted by molar-refractivity contribution is -0.384. The lowest BCUT2D eigenvalue weighted by Crippen LogP contribution is -2.14. The summed E-state index contributed by atoms with van der Waals surface area (Å²) >= 11 is 5.63. The molecule has 0 atom stereocenters. The minimum atomic E-state index is -0.569. The monoisotopic (exact) mass is 308 g/mol. The lowest BCUT2D eigenvalue weighted by Gasteiger charge is -2.08. The molecule has 2 rings (SSSR count). The predicted molar refractivity (Wildman–Crippen MR) is 78.9 cm³/mol. The number of hydrogen-bond acceptors (Lipinski definition) is 6. The molecule has 0 radical (unpaired) electrons. The van der Waals surface area contributed by atoms with Crippen molar-refractivity contribution in [3.05, 3.63) is 51.4 Å². The quantitative estimate of drug-likeness (QED) is 0.382. The van der Waals surface area contributed by atoms with E-state index in [0.717, 1.165) is 17.5 Å². The first-order valence-electron chi connectivity index (χ1n) is 6.16. The molecule has 0 saturated heterocycles. The minimum Gasteiger partial charge on any atom is -0.492 e. The number of hydrogen-bond donors (Lipinski definition) is 1. The zero-order valence-corrected chi connectivity index (χ0v) is 12.0. The van der Waals surface area contributed by atoms with Crippen molar-refractivity contribution in [1.82, 2.24) is 9.97 Å². The Kier molecular flexibility index (Phi) is 4.89. The van der Waals surface area contributed by atoms with Crippen LogP contribution in [0.5, 0.6) is 5.75 Å². The topological polar surface area (TPSA) is 90.2 Å². The summed E-state index contributed by atoms with van der Waals surface area (Å²) in [5.74, 6) is 0.819. The highest BCUT2D eigenvalue weighted by atomic mass is 35.5. The maximum Gasteiger partial charge on any atom is 0.329 e. The number of aromatic nitrogens is 2. The Balaban J connectivity index is 1.91. The third-order valence-corrected chi connectivity index (χ3v) is 2.77. The summed E-state index contributed by atoms with van der Waals surface area (Å²) in [6.45, 7) is 2.65. The number of rotatable bonds is 6. The zero-order chi connectivity index (χ0) is 15.2. The number of nitrogens with one attached hydrogen (secondary N) is 1. The molecule has 0 spiro atoms. The van der Waals surface area contributed by atoms with Gasteiger partial charge < -0.3 is 10.1 Å². The first-order chi connectivity index (χ1) is 10.1. The number of nitro groups is 1. The number of benzene rings is 1. The van der Waals surface area contributed by atoms with Crippen molar-refractivity contribution in [2.24, 2.45) is 0 Å². The van der Waals surface area contributed by atoms with Crippen molar-refractivity contribution < 1.29 is 9.66 Å². The summed E-state index contributed by atoms with van der Waals surface area (Å²) in [6, 6.07) is 7.62. The molecule has 1 N–H and O–H groups in total. The summed E-state index contributed by atoms with van der Waals surface area (Å²) < 4.78 is 5.53. The highest BCUT2D eigenvalue weighted by molar-refractivity contribution is 6.28. The van der Waals surface area contributed by atoms with Crippen LogP contribution >= 0.6 is 11.6 Å². The first kappa shape index (κ1) is 15.0. The third kappa shape index (κ3) is 4.28. The molecule has 110 valence electrons. The standard InChI is InChI=1S/C13H13ClN4O3/c1-9-3-2-4-10(7-9)21-6-5-15-12-11(18(19)20)8-16-13(14)17-12/h2-4,7-8H,5-6H2,1H3,(H,15,16,17). The van der Waals surface area contributed by atoms with E-state index in [-0.39, 0.29) is 16.8 Å². The maximum atomic E-state index is 10.8. The van der Waals surface area contributed by atoms with Crippen LogP contribution in [-0.4, -0.2) is 28.0 Å². The summed E-state index contributed by atoms with van der Waals surface area (Å²) in [7, 11) is 0. The van der Waals surface area contributed by atoms with Crippen molar-refractivity contribution >= 4 is 23.1 Å². The van der Waals surface area contributed by atoms with Gasteiger partial charge in [0, 0.05) is 0 Å². The van der Waals surface area contributed by atoms with Gasteiger partial charge in [-0.2, -0.15) is 4.98 Å². The van der Waals surface area contributed by atoms with Crippen LogP contribution in [-0.2, 0) is 0 Å². The third-order valence-electron chi connectivity index (χ3n) is 2.59. The molecule has 0 aliphatic heterocycles. The molecular formula is C13H13ClN4O3. The average molecular weight is 309 g/mol. The Morgan fingerprint density at radius 2 is 2.29 bits per heavy atom. The second kappa shape index (κ2) is 6.85. The Morgan fingerprint density at radius 1 is 1.48 bits per heavy atom. The molecule has 1 aromatic heterocycles. The van der Waals surface area contributed by atoms with Crippen LogP contribution in [0.3, 0.4) is 0 Å². The molecular weight excluding hydrogens is 296 g/mol. The maximum absolute atomic E-state index is 10.8. The first-order valence-corrected chi connectivity index (χ1v) is 6.54. The smallest absolute Gasteiger partial charge is 0.329 e. The second-order valence-corrected chi connectivity index (χ2v) is 4.56. The van der Waals surface area contributed by atoms with Gasteiger partial charge in [-0.3, -0.25) is 10.1 Å². The van der Waals surface area contributed by atoms with Gasteiger partial charge in [0.25, 0.3) is 0 Å². The molecule has 0 saturated carbocycles. The van der Waals surface area contributed by atoms with E-state index in [1.165, 1.54) is 0 Å². The normalized spacial score (nSPS) is 10.2. The number of aryl methyl sites for hydroxylation is 1. The van der Waals surface area contributed by atoms with Gasteiger partial charge in [-0.25, -0.2) is 4.98 Å². The van der Waals surface area contributed by atoms with Crippen molar-refractivity contribution in [2.45, 2.75) is 6.92 Å². The van der Waals surface area contributed by atoms with Crippen molar-refractivity contribution in [3.8, 4) is 5.75 Å². The Morgan fingerprint density at radius 3 is 3.00 bits per heavy atom. The molecule has 0 bridgehead atoms. The fraction of sp³-hybridized carbons (Fsp3) is 0.231. The van der Waals surface area contributed by atoms with Gasteiger partial charge in [0.2, 0.25) is 11.1 Å². The van der Waals surface area contributed by atoms with E-state index in [1.807, 2.05) is 31.2 Å². The Bertz CT molecular complexity index is 651. The van der Waals surface area contributed by atoms with Gasteiger partial charge in [-0.15, -0.1) is 0 Å². The zero-order valence-electron chi connectivity index (χ0n) is 11.2. The molecule has 8 heteroatoms. The van der Waals surface area contributed by atoms with Crippen molar-refractivity contribution in [1.29, 1.82) is 0 Å². The van der Waals surface area contributed by atoms with Gasteiger partial charge in [0.05, 0.1) is 11.5 Å². The summed E-state index contributed by atoms with van der Waals surface area (Å²) in [5, 5.41) is 13.6. The number of nitrogens with zero attached hydrogens (tertiary/aromatic N) is 3. The van der Waals surface area contributed by atoms with Crippen LogP contribution in [0.15, 0.2) is 30.5 Å². The van der Waals surface area contributed by atoms with Crippen molar-refractivity contribution in [3.63, 3.8) is 0 Å². The number of ether oxygens (including phenoxy) is 1. The number of halogens is 1. The Labute approximate surface area is 126 Å². The average Bonchev–Trinajstić information content (AvgIpc) is 2.43. The molecule has 0 aliphatic rings. The van der Waals surface area contributed by atoms with Crippen LogP contribution in [0.1, 0.15) is 5.56 Å². The number of anilines is 1. The molecule has 21 heavy (non-hydrogen) atoms. The highest BCUT2D eigenvalue weighted by Gasteiger charge is 2.16. The summed E-state index contributed by atoms with van der Waals surface area (Å²) in [4.78, 5) is 17.7. The highest BCUT2D eigenvalue weighted by Crippen LogP contribution is 2.21. The van der Waals surface area contributed by atoms with Crippen molar-refractivity contribution in [2.75, 3.05) is 18.5 Å². The summed E-state index contributed by atoms with van der Waals surface area (Å²) in [6.07, 6.45) is 1.07. The molecule has 0 aliphatic carbocycles. The molecule has 0 unspecified atom stereocenters. The van der Waals surface area contributed by atoms with Gasteiger partial charge in [-0.05, 0) is 36.2 Å². The minimum absolute atomic E-state index is 0.0531. The van der Waals surface area contributed by atoms with Gasteiger partial charge >= 0.3 is 5.69 Å². The van der Waals surface area contributed by atoms with Crippen LogP contribution < -0.4 is 10.1 Å². The molecule has 2 aromatic rings. The molecule has 0 fully saturated rings. The van der Waals surface area contributed by atoms with Crippen LogP contribution in [0.25, 0.3) is 0 Å².